The standard InChI is InChI=1S/C18H36O2.C10H18O4.C6H14O6/c1-17(2)15-13-11-9-7-5-3-4-6-8-10-12-14-16-18(19)20;11-9(12)7-5-3-1-2-4-6-8-10(13)14;7-1-3(9)5(11)6(12)4(10)2-8/h17H,3-16H2,1-2H3,(H,19,20);1-8H2,(H,11,12)(H,13,14);3-12H,1-2H2/p-1/t;;3-,4+,5-,6-/m..1/s1. The summed E-state index contributed by atoms with van der Waals surface area (Å²) < 4.78 is 0. The average molecular weight is 668 g/mol. The molecule has 0 amide bonds. The lowest BCUT2D eigenvalue weighted by atomic mass is 10.0. The third-order valence-corrected chi connectivity index (χ3v) is 7.46. The van der Waals surface area contributed by atoms with Crippen molar-refractivity contribution in [1.29, 1.82) is 0 Å². The molecule has 0 aromatic carbocycles. The van der Waals surface area contributed by atoms with Crippen LogP contribution in [0.4, 0.5) is 0 Å². The van der Waals surface area contributed by atoms with Crippen LogP contribution in [-0.4, -0.2) is 96.4 Å². The lowest BCUT2D eigenvalue weighted by Gasteiger charge is -2.24. The van der Waals surface area contributed by atoms with Crippen molar-refractivity contribution < 1.29 is 60.3 Å². The molecule has 46 heavy (non-hydrogen) atoms. The van der Waals surface area contributed by atoms with E-state index in [0.29, 0.717) is 0 Å². The van der Waals surface area contributed by atoms with Crippen LogP contribution >= 0.6 is 0 Å². The number of aliphatic carboxylic acids is 3. The average Bonchev–Trinajstić information content (AvgIpc) is 3.00. The first-order valence-corrected chi connectivity index (χ1v) is 17.4. The number of aliphatic hydroxyl groups is 6. The van der Waals surface area contributed by atoms with E-state index in [0.717, 1.165) is 57.3 Å². The van der Waals surface area contributed by atoms with Crippen LogP contribution in [0.5, 0.6) is 0 Å². The Balaban J connectivity index is -0.000000628. The van der Waals surface area contributed by atoms with Gasteiger partial charge in [0.05, 0.1) is 13.2 Å². The number of carboxylic acids is 3. The molecule has 0 heterocycles. The molecule has 0 bridgehead atoms. The maximum Gasteiger partial charge on any atom is 0.303 e. The Morgan fingerprint density at radius 2 is 0.739 bits per heavy atom. The van der Waals surface area contributed by atoms with E-state index in [4.69, 9.17) is 40.9 Å². The van der Waals surface area contributed by atoms with Crippen molar-refractivity contribution in [2.24, 2.45) is 5.92 Å². The fourth-order valence-electron chi connectivity index (χ4n) is 4.52. The molecule has 0 saturated carbocycles. The monoisotopic (exact) mass is 667 g/mol. The third kappa shape index (κ3) is 40.2. The van der Waals surface area contributed by atoms with Crippen molar-refractivity contribution in [1.82, 2.24) is 0 Å². The molecule has 276 valence electrons. The Morgan fingerprint density at radius 3 is 0.978 bits per heavy atom. The minimum Gasteiger partial charge on any atom is -0.550 e. The van der Waals surface area contributed by atoms with Crippen LogP contribution in [0.3, 0.4) is 0 Å². The first kappa shape index (κ1) is 48.6. The second-order valence-corrected chi connectivity index (χ2v) is 12.4. The summed E-state index contributed by atoms with van der Waals surface area (Å²) in [5.41, 5.74) is 0. The number of carboxylic acid groups (broad SMARTS) is 3. The maximum absolute atomic E-state index is 10.2. The summed E-state index contributed by atoms with van der Waals surface area (Å²) in [6, 6.07) is 0. The molecule has 12 heteroatoms. The fourth-order valence-corrected chi connectivity index (χ4v) is 4.52. The highest BCUT2D eigenvalue weighted by Gasteiger charge is 2.29. The summed E-state index contributed by atoms with van der Waals surface area (Å²) in [5, 5.41) is 79.1. The molecule has 8 N–H and O–H groups in total. The van der Waals surface area contributed by atoms with Gasteiger partial charge < -0.3 is 50.8 Å². The molecule has 0 fully saturated rings. The Kier molecular flexibility index (Phi) is 38.0. The molecule has 0 aromatic rings. The number of unbranched alkanes of at least 4 members (excludes halogenated alkanes) is 16. The van der Waals surface area contributed by atoms with Crippen LogP contribution in [-0.2, 0) is 14.4 Å². The highest BCUT2D eigenvalue weighted by Crippen LogP contribution is 2.14. The largest absolute Gasteiger partial charge is 0.550 e. The van der Waals surface area contributed by atoms with Crippen LogP contribution in [0.1, 0.15) is 155 Å². The van der Waals surface area contributed by atoms with Gasteiger partial charge >= 0.3 is 11.9 Å². The molecule has 0 radical (unpaired) electrons. The van der Waals surface area contributed by atoms with E-state index in [2.05, 4.69) is 13.8 Å². The fraction of sp³-hybridized carbons (Fsp3) is 0.912. The Labute approximate surface area is 276 Å². The topological polar surface area (TPSA) is 236 Å². The normalized spacial score (nSPS) is 13.5. The second kappa shape index (κ2) is 36.0. The van der Waals surface area contributed by atoms with Crippen LogP contribution < -0.4 is 5.11 Å². The van der Waals surface area contributed by atoms with Gasteiger partial charge in [-0.1, -0.05) is 117 Å². The minimum absolute atomic E-state index is 0.233. The van der Waals surface area contributed by atoms with Gasteiger partial charge in [-0.2, -0.15) is 0 Å². The minimum atomic E-state index is -1.67. The molecule has 0 aliphatic rings. The smallest absolute Gasteiger partial charge is 0.303 e. The van der Waals surface area contributed by atoms with Crippen molar-refractivity contribution >= 4 is 17.9 Å². The number of hydrogen-bond donors (Lipinski definition) is 8. The van der Waals surface area contributed by atoms with Crippen LogP contribution in [0.2, 0.25) is 0 Å². The van der Waals surface area contributed by atoms with E-state index in [-0.39, 0.29) is 19.3 Å². The Bertz CT molecular complexity index is 655. The van der Waals surface area contributed by atoms with Crippen LogP contribution in [0.25, 0.3) is 0 Å². The first-order valence-electron chi connectivity index (χ1n) is 17.4. The Morgan fingerprint density at radius 1 is 0.478 bits per heavy atom. The highest BCUT2D eigenvalue weighted by molar-refractivity contribution is 5.66. The summed E-state index contributed by atoms with van der Waals surface area (Å²) in [6.45, 7) is 3.16. The molecule has 4 atom stereocenters. The molecule has 0 aliphatic heterocycles. The van der Waals surface area contributed by atoms with Crippen LogP contribution in [0, 0.1) is 5.92 Å². The maximum atomic E-state index is 10.2. The summed E-state index contributed by atoms with van der Waals surface area (Å²) >= 11 is 0. The van der Waals surface area contributed by atoms with Crippen molar-refractivity contribution in [2.75, 3.05) is 13.2 Å². The van der Waals surface area contributed by atoms with E-state index in [1.807, 2.05) is 0 Å². The molecule has 12 nitrogen and oxygen atoms in total. The molecular formula is C34H67O12-. The van der Waals surface area contributed by atoms with Gasteiger partial charge in [0, 0.05) is 18.8 Å². The van der Waals surface area contributed by atoms with E-state index >= 15 is 0 Å². The molecule has 0 rings (SSSR count). The highest BCUT2D eigenvalue weighted by atomic mass is 16.4. The van der Waals surface area contributed by atoms with E-state index in [1.54, 1.807) is 0 Å². The SMILES string of the molecule is CC(C)CCCCCCCCCCCCCCC(=O)[O-].O=C(O)CCCCCCCCC(=O)O.OC[C@@H](O)[C@@H](O)[C@H](O)[C@@H](O)CO. The lowest BCUT2D eigenvalue weighted by Crippen LogP contribution is -2.46. The number of hydrogen-bond acceptors (Lipinski definition) is 10. The van der Waals surface area contributed by atoms with Gasteiger partial charge in [0.2, 0.25) is 0 Å². The summed E-state index contributed by atoms with van der Waals surface area (Å²) in [5.74, 6) is -1.52. The van der Waals surface area contributed by atoms with Gasteiger partial charge in [-0.25, -0.2) is 0 Å². The Hall–Kier alpha value is -1.83. The van der Waals surface area contributed by atoms with E-state index in [1.165, 1.54) is 70.6 Å². The molecule has 0 unspecified atom stereocenters. The molecule has 0 aromatic heterocycles. The summed E-state index contributed by atoms with van der Waals surface area (Å²) in [6.07, 6.45) is 16.4. The zero-order valence-corrected chi connectivity index (χ0v) is 28.6. The molecule has 0 spiro atoms. The van der Waals surface area contributed by atoms with Gasteiger partial charge in [-0.15, -0.1) is 0 Å². The van der Waals surface area contributed by atoms with Gasteiger partial charge in [-0.05, 0) is 31.6 Å². The molecule has 0 saturated heterocycles. The van der Waals surface area contributed by atoms with Crippen LogP contribution in [0.15, 0.2) is 0 Å². The number of rotatable bonds is 29. The third-order valence-electron chi connectivity index (χ3n) is 7.46. The van der Waals surface area contributed by atoms with Crippen molar-refractivity contribution in [3.63, 3.8) is 0 Å². The first-order chi connectivity index (χ1) is 21.8. The predicted octanol–water partition coefficient (Wildman–Crippen LogP) is 3.54. The molecular weight excluding hydrogens is 600 g/mol. The number of carbonyl (C=O) groups is 3. The summed E-state index contributed by atoms with van der Waals surface area (Å²) in [4.78, 5) is 30.5. The second-order valence-electron chi connectivity index (χ2n) is 12.4. The van der Waals surface area contributed by atoms with Gasteiger partial charge in [-0.3, -0.25) is 9.59 Å². The van der Waals surface area contributed by atoms with Crippen molar-refractivity contribution in [3.8, 4) is 0 Å². The lowest BCUT2D eigenvalue weighted by molar-refractivity contribution is -0.305. The van der Waals surface area contributed by atoms with E-state index < -0.39 is 55.5 Å². The van der Waals surface area contributed by atoms with Gasteiger partial charge in [0.15, 0.2) is 0 Å². The van der Waals surface area contributed by atoms with E-state index in [9.17, 15) is 19.5 Å². The molecule has 0 aliphatic carbocycles. The predicted molar refractivity (Wildman–Crippen MR) is 175 cm³/mol. The van der Waals surface area contributed by atoms with Gasteiger partial charge in [0.25, 0.3) is 0 Å². The van der Waals surface area contributed by atoms with Crippen molar-refractivity contribution in [3.05, 3.63) is 0 Å². The quantitative estimate of drug-likeness (QED) is 0.0535. The zero-order chi connectivity index (χ0) is 35.6. The zero-order valence-electron chi connectivity index (χ0n) is 28.6. The summed E-state index contributed by atoms with van der Waals surface area (Å²) in [7, 11) is 0. The number of aliphatic hydroxyl groups excluding tert-OH is 6. The number of carbonyl (C=O) groups excluding carboxylic acids is 1. The van der Waals surface area contributed by atoms with Crippen molar-refractivity contribution in [2.45, 2.75) is 180 Å². The van der Waals surface area contributed by atoms with Gasteiger partial charge in [0.1, 0.15) is 24.4 Å².